The van der Waals surface area contributed by atoms with Crippen molar-refractivity contribution in [2.24, 2.45) is 5.92 Å². The van der Waals surface area contributed by atoms with E-state index >= 15 is 0 Å². The fraction of sp³-hybridized carbons (Fsp3) is 0.263. The predicted octanol–water partition coefficient (Wildman–Crippen LogP) is 3.19. The minimum absolute atomic E-state index is 0.158. The molecule has 0 bridgehead atoms. The lowest BCUT2D eigenvalue weighted by molar-refractivity contribution is -0.138. The molecular formula is C19H16F3NO3. The van der Waals surface area contributed by atoms with Crippen LogP contribution in [-0.2, 0) is 9.59 Å². The van der Waals surface area contributed by atoms with E-state index in [0.717, 1.165) is 24.3 Å². The number of nitrogens with one attached hydrogen (secondary N) is 1. The Balaban J connectivity index is 1.61. The first-order valence-electron chi connectivity index (χ1n) is 8.07. The van der Waals surface area contributed by atoms with Crippen LogP contribution in [0.25, 0.3) is 0 Å². The number of aliphatic carboxylic acids is 1. The van der Waals surface area contributed by atoms with Crippen LogP contribution in [0.5, 0.6) is 0 Å². The average Bonchev–Trinajstić information content (AvgIpc) is 3.36. The van der Waals surface area contributed by atoms with Crippen molar-refractivity contribution in [2.45, 2.75) is 18.3 Å². The number of carbonyl (C=O) groups is 2. The van der Waals surface area contributed by atoms with Crippen molar-refractivity contribution < 1.29 is 27.9 Å². The average molecular weight is 363 g/mol. The van der Waals surface area contributed by atoms with Gasteiger partial charge in [-0.25, -0.2) is 13.2 Å². The van der Waals surface area contributed by atoms with Crippen LogP contribution in [0.1, 0.15) is 29.4 Å². The number of benzene rings is 2. The lowest BCUT2D eigenvalue weighted by Crippen LogP contribution is -2.33. The molecule has 0 saturated heterocycles. The van der Waals surface area contributed by atoms with Gasteiger partial charge in [-0.2, -0.15) is 0 Å². The van der Waals surface area contributed by atoms with Crippen molar-refractivity contribution >= 4 is 11.9 Å². The number of rotatable bonds is 6. The van der Waals surface area contributed by atoms with Gasteiger partial charge in [-0.15, -0.1) is 0 Å². The summed E-state index contributed by atoms with van der Waals surface area (Å²) in [5.74, 6) is -5.22. The standard InChI is InChI=1S/C19H16F3NO3/c20-11-3-1-10(2-4-11)16(19(25)26)9-23-18(24)15-8-14(15)13-6-5-12(21)7-17(13)22/h1-7,14-16H,8-9H2,(H,23,24)(H,25,26). The zero-order valence-corrected chi connectivity index (χ0v) is 13.6. The molecular weight excluding hydrogens is 347 g/mol. The van der Waals surface area contributed by atoms with E-state index in [1.165, 1.54) is 18.2 Å². The summed E-state index contributed by atoms with van der Waals surface area (Å²) in [6, 6.07) is 8.25. The Hall–Kier alpha value is -2.83. The number of hydrogen-bond donors (Lipinski definition) is 2. The third kappa shape index (κ3) is 3.87. The summed E-state index contributed by atoms with van der Waals surface area (Å²) < 4.78 is 39.7. The molecule has 3 rings (SSSR count). The Kier molecular flexibility index (Phi) is 4.97. The highest BCUT2D eigenvalue weighted by atomic mass is 19.1. The Labute approximate surface area is 147 Å². The minimum atomic E-state index is -1.14. The Morgan fingerprint density at radius 2 is 1.73 bits per heavy atom. The highest BCUT2D eigenvalue weighted by Gasteiger charge is 2.45. The first kappa shape index (κ1) is 18.0. The van der Waals surface area contributed by atoms with Gasteiger partial charge in [-0.3, -0.25) is 9.59 Å². The van der Waals surface area contributed by atoms with Gasteiger partial charge >= 0.3 is 5.97 Å². The Morgan fingerprint density at radius 3 is 2.35 bits per heavy atom. The van der Waals surface area contributed by atoms with Gasteiger partial charge in [-0.05, 0) is 41.7 Å². The highest BCUT2D eigenvalue weighted by Crippen LogP contribution is 2.48. The molecule has 0 aromatic heterocycles. The molecule has 1 fully saturated rings. The zero-order valence-electron chi connectivity index (χ0n) is 13.6. The summed E-state index contributed by atoms with van der Waals surface area (Å²) in [5, 5.41) is 11.9. The van der Waals surface area contributed by atoms with Crippen molar-refractivity contribution in [2.75, 3.05) is 6.54 Å². The SMILES string of the molecule is O=C(O)C(CNC(=O)C1CC1c1ccc(F)cc1F)c1ccc(F)cc1. The van der Waals surface area contributed by atoms with Crippen LogP contribution < -0.4 is 5.32 Å². The van der Waals surface area contributed by atoms with E-state index in [1.807, 2.05) is 0 Å². The molecule has 2 N–H and O–H groups in total. The van der Waals surface area contributed by atoms with E-state index in [2.05, 4.69) is 5.32 Å². The monoisotopic (exact) mass is 363 g/mol. The van der Waals surface area contributed by atoms with Gasteiger partial charge < -0.3 is 10.4 Å². The second kappa shape index (κ2) is 7.19. The smallest absolute Gasteiger partial charge is 0.312 e. The van der Waals surface area contributed by atoms with E-state index < -0.39 is 35.3 Å². The molecule has 4 nitrogen and oxygen atoms in total. The van der Waals surface area contributed by atoms with Gasteiger partial charge in [-0.1, -0.05) is 18.2 Å². The molecule has 0 spiro atoms. The maximum atomic E-state index is 13.8. The summed E-state index contributed by atoms with van der Waals surface area (Å²) in [5.41, 5.74) is 0.649. The van der Waals surface area contributed by atoms with Crippen LogP contribution in [0, 0.1) is 23.4 Å². The maximum Gasteiger partial charge on any atom is 0.312 e. The summed E-state index contributed by atoms with van der Waals surface area (Å²) in [4.78, 5) is 23.6. The van der Waals surface area contributed by atoms with Gasteiger partial charge in [0.25, 0.3) is 0 Å². The molecule has 1 amide bonds. The Morgan fingerprint density at radius 1 is 1.08 bits per heavy atom. The van der Waals surface area contributed by atoms with Crippen LogP contribution in [-0.4, -0.2) is 23.5 Å². The van der Waals surface area contributed by atoms with Crippen molar-refractivity contribution in [1.82, 2.24) is 5.32 Å². The summed E-state index contributed by atoms with van der Waals surface area (Å²) in [6.07, 6.45) is 0.419. The largest absolute Gasteiger partial charge is 0.481 e. The lowest BCUT2D eigenvalue weighted by atomic mass is 9.99. The molecule has 7 heteroatoms. The second-order valence-electron chi connectivity index (χ2n) is 6.30. The number of halogens is 3. The second-order valence-corrected chi connectivity index (χ2v) is 6.30. The molecule has 3 atom stereocenters. The molecule has 1 saturated carbocycles. The molecule has 1 aliphatic carbocycles. The first-order chi connectivity index (χ1) is 12.4. The van der Waals surface area contributed by atoms with E-state index in [9.17, 15) is 27.9 Å². The normalized spacial score (nSPS) is 19.7. The van der Waals surface area contributed by atoms with Crippen molar-refractivity contribution in [3.05, 3.63) is 71.0 Å². The number of carboxylic acids is 1. The van der Waals surface area contributed by atoms with Crippen molar-refractivity contribution in [3.8, 4) is 0 Å². The summed E-state index contributed by atoms with van der Waals surface area (Å²) >= 11 is 0. The molecule has 3 unspecified atom stereocenters. The first-order valence-corrected chi connectivity index (χ1v) is 8.07. The molecule has 0 radical (unpaired) electrons. The third-order valence-corrected chi connectivity index (χ3v) is 4.54. The van der Waals surface area contributed by atoms with E-state index in [4.69, 9.17) is 0 Å². The molecule has 0 aliphatic heterocycles. The van der Waals surface area contributed by atoms with Gasteiger partial charge in [0, 0.05) is 18.5 Å². The van der Waals surface area contributed by atoms with Crippen LogP contribution in [0.3, 0.4) is 0 Å². The van der Waals surface area contributed by atoms with E-state index in [-0.39, 0.29) is 23.9 Å². The predicted molar refractivity (Wildman–Crippen MR) is 87.0 cm³/mol. The number of hydrogen-bond acceptors (Lipinski definition) is 2. The van der Waals surface area contributed by atoms with Crippen LogP contribution in [0.2, 0.25) is 0 Å². The van der Waals surface area contributed by atoms with E-state index in [1.54, 1.807) is 0 Å². The number of amides is 1. The quantitative estimate of drug-likeness (QED) is 0.828. The minimum Gasteiger partial charge on any atom is -0.481 e. The molecule has 26 heavy (non-hydrogen) atoms. The fourth-order valence-electron chi connectivity index (χ4n) is 3.01. The molecule has 2 aromatic carbocycles. The van der Waals surface area contributed by atoms with Gasteiger partial charge in [0.05, 0.1) is 5.92 Å². The lowest BCUT2D eigenvalue weighted by Gasteiger charge is -2.14. The molecule has 0 heterocycles. The van der Waals surface area contributed by atoms with Crippen molar-refractivity contribution in [1.29, 1.82) is 0 Å². The maximum absolute atomic E-state index is 13.8. The summed E-state index contributed by atoms with van der Waals surface area (Å²) in [7, 11) is 0. The van der Waals surface area contributed by atoms with Crippen LogP contribution in [0.4, 0.5) is 13.2 Å². The van der Waals surface area contributed by atoms with Crippen LogP contribution in [0.15, 0.2) is 42.5 Å². The Bertz CT molecular complexity index is 838. The summed E-state index contributed by atoms with van der Waals surface area (Å²) in [6.45, 7) is -0.158. The topological polar surface area (TPSA) is 66.4 Å². The van der Waals surface area contributed by atoms with Gasteiger partial charge in [0.1, 0.15) is 17.5 Å². The number of carboxylic acid groups (broad SMARTS) is 1. The van der Waals surface area contributed by atoms with Crippen LogP contribution >= 0.6 is 0 Å². The zero-order chi connectivity index (χ0) is 18.8. The molecule has 2 aromatic rings. The van der Waals surface area contributed by atoms with E-state index in [0.29, 0.717) is 12.0 Å². The van der Waals surface area contributed by atoms with Gasteiger partial charge in [0.15, 0.2) is 0 Å². The fourth-order valence-corrected chi connectivity index (χ4v) is 3.01. The third-order valence-electron chi connectivity index (χ3n) is 4.54. The number of carbonyl (C=O) groups excluding carboxylic acids is 1. The van der Waals surface area contributed by atoms with Gasteiger partial charge in [0.2, 0.25) is 5.91 Å². The highest BCUT2D eigenvalue weighted by molar-refractivity contribution is 5.84. The van der Waals surface area contributed by atoms with Crippen molar-refractivity contribution in [3.63, 3.8) is 0 Å². The molecule has 1 aliphatic rings. The molecule has 136 valence electrons.